The molecule has 1 amide bonds. The number of rotatable bonds is 6. The van der Waals surface area contributed by atoms with E-state index in [2.05, 4.69) is 10.3 Å². The van der Waals surface area contributed by atoms with Crippen molar-refractivity contribution in [1.82, 2.24) is 10.3 Å². The van der Waals surface area contributed by atoms with Gasteiger partial charge >= 0.3 is 5.97 Å². The van der Waals surface area contributed by atoms with Crippen molar-refractivity contribution in [2.45, 2.75) is 18.9 Å². The zero-order valence-corrected chi connectivity index (χ0v) is 11.5. The van der Waals surface area contributed by atoms with Crippen LogP contribution in [0.5, 0.6) is 0 Å². The highest BCUT2D eigenvalue weighted by Gasteiger charge is 2.13. The van der Waals surface area contributed by atoms with Gasteiger partial charge in [0, 0.05) is 6.54 Å². The van der Waals surface area contributed by atoms with E-state index in [4.69, 9.17) is 10.8 Å². The molecule has 7 heteroatoms. The molecule has 0 fully saturated rings. The van der Waals surface area contributed by atoms with Crippen LogP contribution in [0.1, 0.15) is 22.6 Å². The molecule has 0 aliphatic rings. The fourth-order valence-corrected chi connectivity index (χ4v) is 2.57. The number of aliphatic carboxylic acids is 1. The second-order valence-electron chi connectivity index (χ2n) is 4.33. The molecule has 0 aliphatic carbocycles. The zero-order valence-electron chi connectivity index (χ0n) is 10.7. The first-order valence-corrected chi connectivity index (χ1v) is 7.01. The third-order valence-corrected chi connectivity index (χ3v) is 3.82. The van der Waals surface area contributed by atoms with Crippen molar-refractivity contribution < 1.29 is 14.7 Å². The van der Waals surface area contributed by atoms with E-state index >= 15 is 0 Å². The Morgan fingerprint density at radius 3 is 2.85 bits per heavy atom. The molecule has 0 radical (unpaired) electrons. The Kier molecular flexibility index (Phi) is 4.65. The lowest BCUT2D eigenvalue weighted by molar-refractivity contribution is -0.138. The highest BCUT2D eigenvalue weighted by molar-refractivity contribution is 7.20. The second kappa shape index (κ2) is 6.44. The molecule has 1 aromatic heterocycles. The SMILES string of the molecule is NC(CCCNC(=O)c1nc2ccccc2s1)C(=O)O. The molecule has 1 heterocycles. The molecule has 0 spiro atoms. The number of fused-ring (bicyclic) bond motifs is 1. The van der Waals surface area contributed by atoms with E-state index in [1.807, 2.05) is 24.3 Å². The van der Waals surface area contributed by atoms with Gasteiger partial charge in [-0.3, -0.25) is 9.59 Å². The van der Waals surface area contributed by atoms with Gasteiger partial charge in [-0.2, -0.15) is 0 Å². The van der Waals surface area contributed by atoms with Crippen molar-refractivity contribution in [2.75, 3.05) is 6.54 Å². The molecular weight excluding hydrogens is 278 g/mol. The van der Waals surface area contributed by atoms with Crippen molar-refractivity contribution in [1.29, 1.82) is 0 Å². The van der Waals surface area contributed by atoms with Crippen LogP contribution in [0.25, 0.3) is 10.2 Å². The highest BCUT2D eigenvalue weighted by atomic mass is 32.1. The van der Waals surface area contributed by atoms with Crippen LogP contribution < -0.4 is 11.1 Å². The van der Waals surface area contributed by atoms with E-state index in [1.54, 1.807) is 0 Å². The molecule has 4 N–H and O–H groups in total. The number of aromatic nitrogens is 1. The first kappa shape index (κ1) is 14.4. The lowest BCUT2D eigenvalue weighted by Gasteiger charge is -2.06. The van der Waals surface area contributed by atoms with Crippen molar-refractivity contribution in [2.24, 2.45) is 5.73 Å². The van der Waals surface area contributed by atoms with Crippen molar-refractivity contribution in [3.8, 4) is 0 Å². The average molecular weight is 293 g/mol. The highest BCUT2D eigenvalue weighted by Crippen LogP contribution is 2.21. The molecule has 0 saturated carbocycles. The van der Waals surface area contributed by atoms with Crippen LogP contribution in [0.2, 0.25) is 0 Å². The maximum Gasteiger partial charge on any atom is 0.320 e. The van der Waals surface area contributed by atoms with Gasteiger partial charge in [0.25, 0.3) is 5.91 Å². The monoisotopic (exact) mass is 293 g/mol. The Morgan fingerprint density at radius 2 is 2.15 bits per heavy atom. The molecule has 106 valence electrons. The summed E-state index contributed by atoms with van der Waals surface area (Å²) in [6, 6.07) is 6.66. The van der Waals surface area contributed by atoms with Crippen LogP contribution in [-0.2, 0) is 4.79 Å². The number of nitrogens with zero attached hydrogens (tertiary/aromatic N) is 1. The molecule has 0 aliphatic heterocycles. The maximum absolute atomic E-state index is 11.9. The molecule has 1 aromatic carbocycles. The summed E-state index contributed by atoms with van der Waals surface area (Å²) in [6.45, 7) is 0.385. The van der Waals surface area contributed by atoms with Crippen molar-refractivity contribution >= 4 is 33.4 Å². The first-order valence-electron chi connectivity index (χ1n) is 6.20. The fraction of sp³-hybridized carbons (Fsp3) is 0.308. The minimum Gasteiger partial charge on any atom is -0.480 e. The number of para-hydroxylation sites is 1. The number of amides is 1. The van der Waals surface area contributed by atoms with E-state index in [9.17, 15) is 9.59 Å². The lowest BCUT2D eigenvalue weighted by atomic mass is 10.2. The molecule has 0 bridgehead atoms. The normalized spacial score (nSPS) is 12.2. The van der Waals surface area contributed by atoms with Crippen LogP contribution >= 0.6 is 11.3 Å². The summed E-state index contributed by atoms with van der Waals surface area (Å²) in [5, 5.41) is 11.8. The van der Waals surface area contributed by atoms with Gasteiger partial charge in [0.05, 0.1) is 10.2 Å². The molecule has 6 nitrogen and oxygen atoms in total. The Labute approximate surface area is 119 Å². The maximum atomic E-state index is 11.9. The number of thiazole rings is 1. The Hall–Kier alpha value is -1.99. The van der Waals surface area contributed by atoms with Crippen molar-refractivity contribution in [3.63, 3.8) is 0 Å². The molecule has 2 rings (SSSR count). The minimum atomic E-state index is -1.03. The van der Waals surface area contributed by atoms with Gasteiger partial charge in [-0.1, -0.05) is 12.1 Å². The standard InChI is InChI=1S/C13H15N3O3S/c14-8(13(18)19)4-3-7-15-11(17)12-16-9-5-1-2-6-10(9)20-12/h1-2,5-6,8H,3-4,7,14H2,(H,15,17)(H,18,19). The van der Waals surface area contributed by atoms with Crippen LogP contribution in [0, 0.1) is 0 Å². The summed E-state index contributed by atoms with van der Waals surface area (Å²) < 4.78 is 0.963. The molecule has 1 atom stereocenters. The lowest BCUT2D eigenvalue weighted by Crippen LogP contribution is -2.32. The van der Waals surface area contributed by atoms with Crippen LogP contribution in [0.4, 0.5) is 0 Å². The number of benzene rings is 1. The second-order valence-corrected chi connectivity index (χ2v) is 5.36. The summed E-state index contributed by atoms with van der Waals surface area (Å²) in [4.78, 5) is 26.7. The van der Waals surface area contributed by atoms with E-state index < -0.39 is 12.0 Å². The number of nitrogens with one attached hydrogen (secondary N) is 1. The first-order chi connectivity index (χ1) is 9.58. The van der Waals surface area contributed by atoms with Crippen LogP contribution in [-0.4, -0.2) is 34.6 Å². The van der Waals surface area contributed by atoms with E-state index in [-0.39, 0.29) is 5.91 Å². The molecule has 20 heavy (non-hydrogen) atoms. The molecule has 2 aromatic rings. The summed E-state index contributed by atoms with van der Waals surface area (Å²) in [5.74, 6) is -1.27. The van der Waals surface area contributed by atoms with E-state index in [0.717, 1.165) is 10.2 Å². The number of carboxylic acids is 1. The number of nitrogens with two attached hydrogens (primary N) is 1. The number of carbonyl (C=O) groups excluding carboxylic acids is 1. The number of carboxylic acid groups (broad SMARTS) is 1. The predicted molar refractivity (Wildman–Crippen MR) is 76.8 cm³/mol. The molecular formula is C13H15N3O3S. The Bertz CT molecular complexity index is 593. The summed E-state index contributed by atoms with van der Waals surface area (Å²) in [7, 11) is 0. The van der Waals surface area contributed by atoms with Gasteiger partial charge in [-0.25, -0.2) is 4.98 Å². The zero-order chi connectivity index (χ0) is 14.5. The molecule has 0 saturated heterocycles. The van der Waals surface area contributed by atoms with E-state index in [1.165, 1.54) is 11.3 Å². The third-order valence-electron chi connectivity index (χ3n) is 2.78. The Balaban J connectivity index is 1.84. The summed E-state index contributed by atoms with van der Waals surface area (Å²) in [5.41, 5.74) is 6.17. The summed E-state index contributed by atoms with van der Waals surface area (Å²) >= 11 is 1.33. The van der Waals surface area contributed by atoms with Crippen LogP contribution in [0.15, 0.2) is 24.3 Å². The van der Waals surface area contributed by atoms with Gasteiger partial charge in [-0.15, -0.1) is 11.3 Å². The smallest absolute Gasteiger partial charge is 0.320 e. The average Bonchev–Trinajstić information content (AvgIpc) is 2.86. The van der Waals surface area contributed by atoms with Gasteiger partial charge in [0.15, 0.2) is 5.01 Å². The Morgan fingerprint density at radius 1 is 1.40 bits per heavy atom. The van der Waals surface area contributed by atoms with Gasteiger partial charge in [0.1, 0.15) is 6.04 Å². The molecule has 1 unspecified atom stereocenters. The van der Waals surface area contributed by atoms with Crippen LogP contribution in [0.3, 0.4) is 0 Å². The van der Waals surface area contributed by atoms with Crippen molar-refractivity contribution in [3.05, 3.63) is 29.3 Å². The third kappa shape index (κ3) is 3.52. The van der Waals surface area contributed by atoms with Gasteiger partial charge < -0.3 is 16.2 Å². The number of hydrogen-bond acceptors (Lipinski definition) is 5. The largest absolute Gasteiger partial charge is 0.480 e. The number of carbonyl (C=O) groups is 2. The number of hydrogen-bond donors (Lipinski definition) is 3. The summed E-state index contributed by atoms with van der Waals surface area (Å²) in [6.07, 6.45) is 0.847. The quantitative estimate of drug-likeness (QED) is 0.694. The topological polar surface area (TPSA) is 105 Å². The minimum absolute atomic E-state index is 0.241. The van der Waals surface area contributed by atoms with E-state index in [0.29, 0.717) is 24.4 Å². The van der Waals surface area contributed by atoms with Gasteiger partial charge in [0.2, 0.25) is 0 Å². The predicted octanol–water partition coefficient (Wildman–Crippen LogP) is 1.22. The van der Waals surface area contributed by atoms with Gasteiger partial charge in [-0.05, 0) is 25.0 Å². The fourth-order valence-electron chi connectivity index (χ4n) is 1.69.